The van der Waals surface area contributed by atoms with Crippen LogP contribution in [0.5, 0.6) is 5.75 Å². The molecule has 1 heterocycles. The lowest BCUT2D eigenvalue weighted by atomic mass is 9.81. The van der Waals surface area contributed by atoms with Gasteiger partial charge in [-0.05, 0) is 37.1 Å². The van der Waals surface area contributed by atoms with Gasteiger partial charge in [-0.3, -0.25) is 24.1 Å². The van der Waals surface area contributed by atoms with Crippen molar-refractivity contribution in [2.24, 2.45) is 11.8 Å². The minimum atomic E-state index is -0.805. The molecule has 8 nitrogen and oxygen atoms in total. The molecule has 29 heavy (non-hydrogen) atoms. The molecule has 1 aromatic carbocycles. The second-order valence-corrected chi connectivity index (χ2v) is 9.27. The van der Waals surface area contributed by atoms with Crippen molar-refractivity contribution in [2.75, 3.05) is 25.6 Å². The average molecular weight is 532 g/mol. The van der Waals surface area contributed by atoms with E-state index in [-0.39, 0.29) is 21.5 Å². The molecule has 4 atom stereocenters. The van der Waals surface area contributed by atoms with Gasteiger partial charge in [0.2, 0.25) is 11.8 Å². The summed E-state index contributed by atoms with van der Waals surface area (Å²) in [4.78, 5) is 50.2. The number of nitrogens with one attached hydrogen (secondary N) is 1. The fraction of sp³-hybridized carbons (Fsp3) is 0.474. The topological polar surface area (TPSA) is 102 Å². The average Bonchev–Trinajstić information content (AvgIpc) is 2.92. The number of esters is 1. The largest absolute Gasteiger partial charge is 0.497 e. The molecular weight excluding hydrogens is 512 g/mol. The standard InChI is InChI=1S/C19H20Br2N2O6/c1-28-11-4-2-10(3-5-11)22-16(24)9-29-17(25)8-23-18(26)12-6-14(20)15(21)7-13(12)19(23)27/h2-5,12-15H,6-9H2,1H3,(H,22,24)/t12-,13+,14-,15-/m0/s1. The number of carbonyl (C=O) groups is 4. The van der Waals surface area contributed by atoms with E-state index < -0.39 is 36.9 Å². The molecule has 3 rings (SSSR count). The fourth-order valence-corrected chi connectivity index (χ4v) is 4.75. The van der Waals surface area contributed by atoms with Gasteiger partial charge < -0.3 is 14.8 Å². The Kier molecular flexibility index (Phi) is 6.94. The zero-order valence-corrected chi connectivity index (χ0v) is 18.8. The molecule has 1 N–H and O–H groups in total. The Hall–Kier alpha value is -1.94. The van der Waals surface area contributed by atoms with E-state index in [1.165, 1.54) is 7.11 Å². The maximum atomic E-state index is 12.5. The van der Waals surface area contributed by atoms with Crippen molar-refractivity contribution in [3.63, 3.8) is 0 Å². The van der Waals surface area contributed by atoms with Crippen LogP contribution in [0, 0.1) is 11.8 Å². The summed E-state index contributed by atoms with van der Waals surface area (Å²) in [5, 5.41) is 2.58. The van der Waals surface area contributed by atoms with Crippen LogP contribution in [-0.4, -0.2) is 58.5 Å². The van der Waals surface area contributed by atoms with Crippen molar-refractivity contribution in [3.8, 4) is 5.75 Å². The van der Waals surface area contributed by atoms with Gasteiger partial charge in [-0.25, -0.2) is 0 Å². The summed E-state index contributed by atoms with van der Waals surface area (Å²) in [6.07, 6.45) is 1.06. The van der Waals surface area contributed by atoms with Gasteiger partial charge in [0.15, 0.2) is 6.61 Å². The minimum Gasteiger partial charge on any atom is -0.497 e. The number of likely N-dealkylation sites (tertiary alicyclic amines) is 1. The maximum Gasteiger partial charge on any atom is 0.326 e. The Balaban J connectivity index is 1.49. The van der Waals surface area contributed by atoms with Crippen LogP contribution in [-0.2, 0) is 23.9 Å². The number of ether oxygens (including phenoxy) is 2. The van der Waals surface area contributed by atoms with Crippen LogP contribution < -0.4 is 10.1 Å². The number of hydrogen-bond donors (Lipinski definition) is 1. The number of fused-ring (bicyclic) bond motifs is 1. The van der Waals surface area contributed by atoms with Gasteiger partial charge in [0, 0.05) is 15.3 Å². The molecule has 0 unspecified atom stereocenters. The molecule has 10 heteroatoms. The Labute approximate surface area is 184 Å². The summed E-state index contributed by atoms with van der Waals surface area (Å²) in [5.41, 5.74) is 0.523. The third-order valence-corrected chi connectivity index (χ3v) is 7.76. The molecule has 2 aliphatic rings. The predicted octanol–water partition coefficient (Wildman–Crippen LogP) is 2.10. The zero-order chi connectivity index (χ0) is 21.1. The van der Waals surface area contributed by atoms with Gasteiger partial charge in [0.1, 0.15) is 12.3 Å². The summed E-state index contributed by atoms with van der Waals surface area (Å²) >= 11 is 7.02. The lowest BCUT2D eigenvalue weighted by Gasteiger charge is -2.29. The summed E-state index contributed by atoms with van der Waals surface area (Å²) in [6, 6.07) is 6.66. The molecule has 1 aromatic rings. The van der Waals surface area contributed by atoms with E-state index in [1.807, 2.05) is 0 Å². The smallest absolute Gasteiger partial charge is 0.326 e. The summed E-state index contributed by atoms with van der Waals surface area (Å²) in [5.74, 6) is -2.25. The fourth-order valence-electron chi connectivity index (χ4n) is 3.51. The highest BCUT2D eigenvalue weighted by Gasteiger charge is 2.52. The van der Waals surface area contributed by atoms with Crippen molar-refractivity contribution >= 4 is 61.2 Å². The maximum absolute atomic E-state index is 12.5. The molecule has 2 fully saturated rings. The number of amides is 3. The van der Waals surface area contributed by atoms with Gasteiger partial charge >= 0.3 is 5.97 Å². The number of rotatable bonds is 6. The van der Waals surface area contributed by atoms with Gasteiger partial charge in [-0.1, -0.05) is 31.9 Å². The number of anilines is 1. The minimum absolute atomic E-state index is 0.0917. The molecule has 1 saturated heterocycles. The summed E-state index contributed by atoms with van der Waals surface area (Å²) < 4.78 is 9.97. The van der Waals surface area contributed by atoms with Crippen molar-refractivity contribution in [1.82, 2.24) is 4.90 Å². The van der Waals surface area contributed by atoms with Crippen molar-refractivity contribution in [3.05, 3.63) is 24.3 Å². The molecule has 0 spiro atoms. The van der Waals surface area contributed by atoms with Crippen LogP contribution in [0.1, 0.15) is 12.8 Å². The van der Waals surface area contributed by atoms with Crippen LogP contribution in [0.4, 0.5) is 5.69 Å². The Morgan fingerprint density at radius 2 is 1.62 bits per heavy atom. The molecule has 0 bridgehead atoms. The van der Waals surface area contributed by atoms with Crippen molar-refractivity contribution < 1.29 is 28.7 Å². The number of nitrogens with zero attached hydrogens (tertiary/aromatic N) is 1. The third kappa shape index (κ3) is 4.98. The van der Waals surface area contributed by atoms with Crippen LogP contribution in [0.2, 0.25) is 0 Å². The number of halogens is 2. The quantitative estimate of drug-likeness (QED) is 0.342. The van der Waals surface area contributed by atoms with Gasteiger partial charge in [0.05, 0.1) is 18.9 Å². The van der Waals surface area contributed by atoms with Gasteiger partial charge in [-0.15, -0.1) is 0 Å². The number of imide groups is 1. The Morgan fingerprint density at radius 1 is 1.07 bits per heavy atom. The predicted molar refractivity (Wildman–Crippen MR) is 111 cm³/mol. The molecule has 0 radical (unpaired) electrons. The van der Waals surface area contributed by atoms with E-state index in [0.717, 1.165) is 4.90 Å². The molecule has 3 amide bonds. The van der Waals surface area contributed by atoms with E-state index >= 15 is 0 Å². The second kappa shape index (κ2) is 9.25. The Bertz CT molecular complexity index is 787. The lowest BCUT2D eigenvalue weighted by molar-refractivity contribution is -0.154. The van der Waals surface area contributed by atoms with Crippen LogP contribution in [0.25, 0.3) is 0 Å². The van der Waals surface area contributed by atoms with Gasteiger partial charge in [0.25, 0.3) is 5.91 Å². The number of benzene rings is 1. The Morgan fingerprint density at radius 3 is 2.14 bits per heavy atom. The lowest BCUT2D eigenvalue weighted by Crippen LogP contribution is -2.37. The second-order valence-electron chi connectivity index (χ2n) is 6.92. The molecule has 1 aliphatic heterocycles. The summed E-state index contributed by atoms with van der Waals surface area (Å²) in [7, 11) is 1.54. The zero-order valence-electron chi connectivity index (χ0n) is 15.6. The van der Waals surface area contributed by atoms with Crippen molar-refractivity contribution in [1.29, 1.82) is 0 Å². The number of hydrogen-bond acceptors (Lipinski definition) is 6. The van der Waals surface area contributed by atoms with E-state index in [4.69, 9.17) is 9.47 Å². The first-order valence-corrected chi connectivity index (χ1v) is 10.9. The first-order valence-electron chi connectivity index (χ1n) is 9.03. The monoisotopic (exact) mass is 530 g/mol. The van der Waals surface area contributed by atoms with Gasteiger partial charge in [-0.2, -0.15) is 0 Å². The van der Waals surface area contributed by atoms with Crippen LogP contribution in [0.3, 0.4) is 0 Å². The molecule has 156 valence electrons. The van der Waals surface area contributed by atoms with E-state index in [9.17, 15) is 19.2 Å². The number of methoxy groups -OCH3 is 1. The van der Waals surface area contributed by atoms with E-state index in [2.05, 4.69) is 37.2 Å². The molecule has 0 aromatic heterocycles. The third-order valence-electron chi connectivity index (χ3n) is 5.03. The van der Waals surface area contributed by atoms with E-state index in [0.29, 0.717) is 24.3 Å². The van der Waals surface area contributed by atoms with E-state index in [1.54, 1.807) is 24.3 Å². The van der Waals surface area contributed by atoms with Crippen LogP contribution >= 0.6 is 31.9 Å². The first kappa shape index (κ1) is 21.8. The van der Waals surface area contributed by atoms with Crippen molar-refractivity contribution in [2.45, 2.75) is 22.5 Å². The summed E-state index contributed by atoms with van der Waals surface area (Å²) in [6.45, 7) is -0.999. The molecule has 1 aliphatic carbocycles. The number of carbonyl (C=O) groups excluding carboxylic acids is 4. The molecular formula is C19H20Br2N2O6. The highest BCUT2D eigenvalue weighted by atomic mass is 79.9. The SMILES string of the molecule is COc1ccc(NC(=O)COC(=O)CN2C(=O)[C@H]3C[C@H](Br)[C@@H](Br)C[C@H]3C2=O)cc1. The highest BCUT2D eigenvalue weighted by molar-refractivity contribution is 9.12. The van der Waals surface area contributed by atoms with Crippen LogP contribution in [0.15, 0.2) is 24.3 Å². The first-order chi connectivity index (χ1) is 13.8. The highest BCUT2D eigenvalue weighted by Crippen LogP contribution is 2.43. The molecule has 1 saturated carbocycles. The number of alkyl halides is 2. The normalized spacial score (nSPS) is 26.1.